The van der Waals surface area contributed by atoms with Gasteiger partial charge in [0, 0.05) is 28.5 Å². The van der Waals surface area contributed by atoms with Gasteiger partial charge in [-0.25, -0.2) is 9.77 Å². The van der Waals surface area contributed by atoms with Crippen molar-refractivity contribution in [3.05, 3.63) is 94.0 Å². The molecule has 0 amide bonds. The largest absolute Gasteiger partial charge is 0.489 e. The second-order valence-electron chi connectivity index (χ2n) is 6.28. The first-order valence-corrected chi connectivity index (χ1v) is 9.76. The molecule has 146 valence electrons. The van der Waals surface area contributed by atoms with E-state index in [0.29, 0.717) is 28.8 Å². The lowest BCUT2D eigenvalue weighted by atomic mass is 10.2. The average Bonchev–Trinajstić information content (AvgIpc) is 3.12. The lowest BCUT2D eigenvalue weighted by molar-refractivity contribution is 0.303. The molecule has 0 aliphatic rings. The maximum Gasteiger partial charge on any atom is 0.214 e. The van der Waals surface area contributed by atoms with E-state index in [9.17, 15) is 0 Å². The summed E-state index contributed by atoms with van der Waals surface area (Å²) >= 11 is 11.4. The Kier molecular flexibility index (Phi) is 5.88. The van der Waals surface area contributed by atoms with Gasteiger partial charge in [0.1, 0.15) is 12.4 Å². The molecule has 0 unspecified atom stereocenters. The van der Waals surface area contributed by atoms with Crippen molar-refractivity contribution in [2.75, 3.05) is 5.43 Å². The maximum absolute atomic E-state index is 6.05. The number of para-hydroxylation sites is 1. The first kappa shape index (κ1) is 19.2. The predicted molar refractivity (Wildman–Crippen MR) is 116 cm³/mol. The molecule has 0 bridgehead atoms. The zero-order chi connectivity index (χ0) is 20.1. The van der Waals surface area contributed by atoms with Crippen molar-refractivity contribution < 1.29 is 4.74 Å². The monoisotopic (exact) mass is 423 g/mol. The van der Waals surface area contributed by atoms with Crippen molar-refractivity contribution in [3.8, 4) is 17.1 Å². The zero-order valence-corrected chi connectivity index (χ0v) is 17.0. The highest BCUT2D eigenvalue weighted by atomic mass is 35.5. The van der Waals surface area contributed by atoms with E-state index in [2.05, 4.69) is 20.6 Å². The molecule has 2 N–H and O–H groups in total. The van der Waals surface area contributed by atoms with Gasteiger partial charge in [-0.3, -0.25) is 4.98 Å². The van der Waals surface area contributed by atoms with Gasteiger partial charge in [0.25, 0.3) is 0 Å². The normalized spacial score (nSPS) is 10.7. The van der Waals surface area contributed by atoms with Crippen LogP contribution in [0.25, 0.3) is 11.4 Å². The molecule has 0 radical (unpaired) electrons. The summed E-state index contributed by atoms with van der Waals surface area (Å²) in [6.07, 6.45) is 3.44. The molecule has 0 aliphatic heterocycles. The van der Waals surface area contributed by atoms with Crippen molar-refractivity contribution in [2.24, 2.45) is 0 Å². The number of aromatic amines is 1. The summed E-state index contributed by atoms with van der Waals surface area (Å²) in [6, 6.07) is 19.3. The van der Waals surface area contributed by atoms with Crippen LogP contribution in [0.1, 0.15) is 11.1 Å². The van der Waals surface area contributed by atoms with Crippen LogP contribution < -0.4 is 10.2 Å². The van der Waals surface area contributed by atoms with Crippen LogP contribution in [0.5, 0.6) is 5.75 Å². The molecule has 6 nitrogen and oxygen atoms in total. The van der Waals surface area contributed by atoms with Gasteiger partial charge in [0.05, 0.1) is 6.54 Å². The molecular formula is C21H18ClN5OS. The Hall–Kier alpha value is -3.16. The number of benzene rings is 2. The van der Waals surface area contributed by atoms with E-state index in [0.717, 1.165) is 22.4 Å². The lowest BCUT2D eigenvalue weighted by Crippen LogP contribution is -2.16. The van der Waals surface area contributed by atoms with E-state index in [-0.39, 0.29) is 0 Å². The molecule has 2 aromatic heterocycles. The molecule has 0 saturated heterocycles. The number of aromatic nitrogens is 4. The van der Waals surface area contributed by atoms with Gasteiger partial charge < -0.3 is 10.2 Å². The standard InChI is InChI=1S/C21H18ClN5OS/c22-18-6-3-4-15(12-18)14-28-19-7-2-1-5-17(19)13-24-27-20(25-26-21(27)29)16-8-10-23-11-9-16/h1-12,24H,13-14H2,(H,26,29). The van der Waals surface area contributed by atoms with E-state index in [1.165, 1.54) is 0 Å². The minimum absolute atomic E-state index is 0.435. The number of hydrogen-bond donors (Lipinski definition) is 2. The number of ether oxygens (including phenoxy) is 1. The SMILES string of the molecule is S=c1[nH]nc(-c2ccncc2)n1NCc1ccccc1OCc1cccc(Cl)c1. The van der Waals surface area contributed by atoms with Crippen molar-refractivity contribution >= 4 is 23.8 Å². The van der Waals surface area contributed by atoms with Crippen molar-refractivity contribution in [1.82, 2.24) is 19.9 Å². The van der Waals surface area contributed by atoms with Crippen LogP contribution in [-0.4, -0.2) is 19.9 Å². The Bertz CT molecular complexity index is 1160. The fourth-order valence-corrected chi connectivity index (χ4v) is 3.29. The molecule has 8 heteroatoms. The molecule has 0 saturated carbocycles. The van der Waals surface area contributed by atoms with Gasteiger partial charge >= 0.3 is 0 Å². The molecule has 0 fully saturated rings. The van der Waals surface area contributed by atoms with E-state index >= 15 is 0 Å². The Morgan fingerprint density at radius 2 is 1.90 bits per heavy atom. The molecule has 0 spiro atoms. The van der Waals surface area contributed by atoms with Crippen LogP contribution in [0.15, 0.2) is 73.1 Å². The number of H-pyrrole nitrogens is 1. The Morgan fingerprint density at radius 3 is 2.72 bits per heavy atom. The Labute approximate surface area is 178 Å². The average molecular weight is 424 g/mol. The predicted octanol–water partition coefficient (Wildman–Crippen LogP) is 4.98. The summed E-state index contributed by atoms with van der Waals surface area (Å²) in [5.41, 5.74) is 6.24. The highest BCUT2D eigenvalue weighted by Crippen LogP contribution is 2.21. The van der Waals surface area contributed by atoms with Gasteiger partial charge in [0.15, 0.2) is 5.82 Å². The molecule has 2 aromatic carbocycles. The van der Waals surface area contributed by atoms with E-state index in [1.54, 1.807) is 17.1 Å². The molecule has 4 aromatic rings. The van der Waals surface area contributed by atoms with Gasteiger partial charge in [-0.05, 0) is 48.1 Å². The number of halogens is 1. The molecule has 0 atom stereocenters. The van der Waals surface area contributed by atoms with Gasteiger partial charge in [-0.1, -0.05) is 41.9 Å². The summed E-state index contributed by atoms with van der Waals surface area (Å²) in [7, 11) is 0. The summed E-state index contributed by atoms with van der Waals surface area (Å²) in [5, 5.41) is 7.84. The first-order valence-electron chi connectivity index (χ1n) is 8.97. The van der Waals surface area contributed by atoms with Gasteiger partial charge in [-0.2, -0.15) is 5.10 Å². The molecule has 0 aliphatic carbocycles. The van der Waals surface area contributed by atoms with Gasteiger partial charge in [-0.15, -0.1) is 0 Å². The quantitative estimate of drug-likeness (QED) is 0.410. The molecular weight excluding hydrogens is 406 g/mol. The number of pyridine rings is 1. The highest BCUT2D eigenvalue weighted by molar-refractivity contribution is 7.71. The summed E-state index contributed by atoms with van der Waals surface area (Å²) in [6.45, 7) is 0.947. The van der Waals surface area contributed by atoms with Crippen LogP contribution in [-0.2, 0) is 13.2 Å². The molecule has 4 rings (SSSR count). The van der Waals surface area contributed by atoms with Crippen LogP contribution in [0.4, 0.5) is 0 Å². The van der Waals surface area contributed by atoms with E-state index < -0.39 is 0 Å². The number of hydrogen-bond acceptors (Lipinski definition) is 5. The van der Waals surface area contributed by atoms with E-state index in [4.69, 9.17) is 28.6 Å². The number of nitrogens with zero attached hydrogens (tertiary/aromatic N) is 3. The first-order chi connectivity index (χ1) is 14.2. The minimum atomic E-state index is 0.435. The third-order valence-electron chi connectivity index (χ3n) is 4.29. The number of rotatable bonds is 7. The van der Waals surface area contributed by atoms with Crippen LogP contribution in [0, 0.1) is 4.77 Å². The van der Waals surface area contributed by atoms with Crippen LogP contribution in [0.3, 0.4) is 0 Å². The maximum atomic E-state index is 6.05. The van der Waals surface area contributed by atoms with E-state index in [1.807, 2.05) is 60.7 Å². The smallest absolute Gasteiger partial charge is 0.214 e. The summed E-state index contributed by atoms with van der Waals surface area (Å²) in [5.74, 6) is 1.48. The second kappa shape index (κ2) is 8.89. The van der Waals surface area contributed by atoms with Crippen LogP contribution in [0.2, 0.25) is 5.02 Å². The number of nitrogens with one attached hydrogen (secondary N) is 2. The molecule has 29 heavy (non-hydrogen) atoms. The third-order valence-corrected chi connectivity index (χ3v) is 4.80. The highest BCUT2D eigenvalue weighted by Gasteiger charge is 2.10. The zero-order valence-electron chi connectivity index (χ0n) is 15.4. The van der Waals surface area contributed by atoms with Crippen molar-refractivity contribution in [3.63, 3.8) is 0 Å². The molecule has 2 heterocycles. The third kappa shape index (κ3) is 4.64. The Balaban J connectivity index is 1.50. The van der Waals surface area contributed by atoms with Crippen molar-refractivity contribution in [1.29, 1.82) is 0 Å². The Morgan fingerprint density at radius 1 is 1.07 bits per heavy atom. The lowest BCUT2D eigenvalue weighted by Gasteiger charge is -2.14. The second-order valence-corrected chi connectivity index (χ2v) is 7.11. The minimum Gasteiger partial charge on any atom is -0.489 e. The summed E-state index contributed by atoms with van der Waals surface area (Å²) in [4.78, 5) is 4.04. The fraction of sp³-hybridized carbons (Fsp3) is 0.0952. The van der Waals surface area contributed by atoms with Crippen LogP contribution >= 0.6 is 23.8 Å². The topological polar surface area (TPSA) is 67.8 Å². The fourth-order valence-electron chi connectivity index (χ4n) is 2.88. The summed E-state index contributed by atoms with van der Waals surface area (Å²) < 4.78 is 8.26. The van der Waals surface area contributed by atoms with Crippen molar-refractivity contribution in [2.45, 2.75) is 13.2 Å². The van der Waals surface area contributed by atoms with Gasteiger partial charge in [0.2, 0.25) is 4.77 Å².